The van der Waals surface area contributed by atoms with Crippen LogP contribution >= 0.6 is 11.6 Å². The largest absolute Gasteiger partial charge is 0.465 e. The Balaban J connectivity index is 2.09. The molecule has 1 heterocycles. The zero-order valence-electron chi connectivity index (χ0n) is 12.3. The number of nitrogens with one attached hydrogen (secondary N) is 1. The van der Waals surface area contributed by atoms with Crippen LogP contribution in [0.5, 0.6) is 0 Å². The van der Waals surface area contributed by atoms with Crippen molar-refractivity contribution in [3.63, 3.8) is 0 Å². The molecule has 2 N–H and O–H groups in total. The van der Waals surface area contributed by atoms with Gasteiger partial charge in [0, 0.05) is 19.7 Å². The fourth-order valence-corrected chi connectivity index (χ4v) is 2.70. The van der Waals surface area contributed by atoms with Crippen LogP contribution < -0.4 is 5.32 Å². The Bertz CT molecular complexity index is 556. The van der Waals surface area contributed by atoms with Crippen LogP contribution in [0, 0.1) is 5.92 Å². The number of amides is 2. The van der Waals surface area contributed by atoms with Gasteiger partial charge in [0.15, 0.2) is 0 Å². The van der Waals surface area contributed by atoms with Crippen molar-refractivity contribution in [3.05, 3.63) is 28.8 Å². The van der Waals surface area contributed by atoms with Gasteiger partial charge in [-0.15, -0.1) is 0 Å². The lowest BCUT2D eigenvalue weighted by Gasteiger charge is -2.31. The van der Waals surface area contributed by atoms with Crippen molar-refractivity contribution in [1.29, 1.82) is 0 Å². The molecule has 0 spiro atoms. The number of aliphatic hydroxyl groups is 1. The summed E-state index contributed by atoms with van der Waals surface area (Å²) in [5.41, 5.74) is 0.471. The molecule has 1 fully saturated rings. The monoisotopic (exact) mass is 326 g/mol. The van der Waals surface area contributed by atoms with Crippen LogP contribution in [0.1, 0.15) is 23.2 Å². The second-order valence-electron chi connectivity index (χ2n) is 5.20. The number of benzene rings is 1. The zero-order chi connectivity index (χ0) is 16.1. The molecule has 0 unspecified atom stereocenters. The number of anilines is 1. The summed E-state index contributed by atoms with van der Waals surface area (Å²) in [6.45, 7) is 1.30. The Hall–Kier alpha value is -1.79. The molecular formula is C15H19ClN2O4. The Morgan fingerprint density at radius 1 is 1.41 bits per heavy atom. The summed E-state index contributed by atoms with van der Waals surface area (Å²) < 4.78 is 4.70. The predicted molar refractivity (Wildman–Crippen MR) is 83.2 cm³/mol. The highest BCUT2D eigenvalue weighted by molar-refractivity contribution is 6.34. The molecule has 0 aliphatic carbocycles. The van der Waals surface area contributed by atoms with Gasteiger partial charge in [0.1, 0.15) is 5.56 Å². The van der Waals surface area contributed by atoms with Crippen molar-refractivity contribution in [2.24, 2.45) is 5.92 Å². The molecule has 2 amide bonds. The Morgan fingerprint density at radius 3 is 2.68 bits per heavy atom. The Kier molecular flexibility index (Phi) is 5.63. The lowest BCUT2D eigenvalue weighted by Crippen LogP contribution is -2.41. The molecule has 22 heavy (non-hydrogen) atoms. The number of ether oxygens (including phenoxy) is 1. The van der Waals surface area contributed by atoms with E-state index >= 15 is 0 Å². The van der Waals surface area contributed by atoms with Crippen molar-refractivity contribution in [3.8, 4) is 0 Å². The summed E-state index contributed by atoms with van der Waals surface area (Å²) in [6, 6.07) is 4.54. The maximum absolute atomic E-state index is 12.3. The lowest BCUT2D eigenvalue weighted by molar-refractivity contribution is 0.0602. The number of carbonyl (C=O) groups is 2. The molecule has 0 bridgehead atoms. The average Bonchev–Trinajstić information content (AvgIpc) is 2.54. The molecule has 0 atom stereocenters. The number of piperidine rings is 1. The van der Waals surface area contributed by atoms with Gasteiger partial charge in [-0.3, -0.25) is 0 Å². The second-order valence-corrected chi connectivity index (χ2v) is 5.60. The highest BCUT2D eigenvalue weighted by Gasteiger charge is 2.24. The first-order valence-corrected chi connectivity index (χ1v) is 7.48. The first kappa shape index (κ1) is 16.6. The number of methoxy groups -OCH3 is 1. The van der Waals surface area contributed by atoms with Crippen molar-refractivity contribution >= 4 is 29.3 Å². The van der Waals surface area contributed by atoms with Gasteiger partial charge in [0.05, 0.1) is 17.8 Å². The molecule has 120 valence electrons. The van der Waals surface area contributed by atoms with Gasteiger partial charge in [-0.25, -0.2) is 9.59 Å². The van der Waals surface area contributed by atoms with Crippen molar-refractivity contribution in [1.82, 2.24) is 4.90 Å². The van der Waals surface area contributed by atoms with Crippen LogP contribution in [0.3, 0.4) is 0 Å². The highest BCUT2D eigenvalue weighted by Crippen LogP contribution is 2.26. The number of esters is 1. The molecule has 0 radical (unpaired) electrons. The van der Waals surface area contributed by atoms with Crippen LogP contribution in [0.4, 0.5) is 10.5 Å². The number of likely N-dealkylation sites (tertiary alicyclic amines) is 1. The Morgan fingerprint density at radius 2 is 2.09 bits per heavy atom. The van der Waals surface area contributed by atoms with Gasteiger partial charge < -0.3 is 20.1 Å². The van der Waals surface area contributed by atoms with Crippen LogP contribution in [-0.2, 0) is 4.74 Å². The quantitative estimate of drug-likeness (QED) is 0.836. The minimum atomic E-state index is -0.597. The number of hydrogen-bond acceptors (Lipinski definition) is 4. The summed E-state index contributed by atoms with van der Waals surface area (Å²) in [5, 5.41) is 12.1. The van der Waals surface area contributed by atoms with Crippen LogP contribution in [-0.4, -0.2) is 48.8 Å². The van der Waals surface area contributed by atoms with E-state index in [-0.39, 0.29) is 29.1 Å². The fraction of sp³-hybridized carbons (Fsp3) is 0.467. The Labute approximate surface area is 134 Å². The van der Waals surface area contributed by atoms with E-state index in [0.717, 1.165) is 12.8 Å². The predicted octanol–water partition coefficient (Wildman–Crippen LogP) is 2.36. The summed E-state index contributed by atoms with van der Waals surface area (Å²) in [5.74, 6) is -0.347. The van der Waals surface area contributed by atoms with Crippen LogP contribution in [0.2, 0.25) is 5.02 Å². The number of carbonyl (C=O) groups excluding carboxylic acids is 2. The molecular weight excluding hydrogens is 308 g/mol. The normalized spacial score (nSPS) is 15.5. The number of halogens is 1. The number of hydrogen-bond donors (Lipinski definition) is 2. The zero-order valence-corrected chi connectivity index (χ0v) is 13.1. The van der Waals surface area contributed by atoms with E-state index in [1.807, 2.05) is 0 Å². The third-order valence-electron chi connectivity index (χ3n) is 3.80. The van der Waals surface area contributed by atoms with E-state index < -0.39 is 5.97 Å². The van der Waals surface area contributed by atoms with Crippen molar-refractivity contribution in [2.75, 3.05) is 32.1 Å². The summed E-state index contributed by atoms with van der Waals surface area (Å²) >= 11 is 6.02. The first-order valence-electron chi connectivity index (χ1n) is 7.10. The topological polar surface area (TPSA) is 78.9 Å². The lowest BCUT2D eigenvalue weighted by atomic mass is 9.98. The molecule has 1 aliphatic heterocycles. The van der Waals surface area contributed by atoms with E-state index in [0.29, 0.717) is 18.8 Å². The highest BCUT2D eigenvalue weighted by atomic mass is 35.5. The molecule has 0 aromatic heterocycles. The first-order chi connectivity index (χ1) is 10.6. The third-order valence-corrected chi connectivity index (χ3v) is 4.12. The van der Waals surface area contributed by atoms with Gasteiger partial charge in [-0.2, -0.15) is 0 Å². The minimum Gasteiger partial charge on any atom is -0.465 e. The van der Waals surface area contributed by atoms with E-state index in [4.69, 9.17) is 21.4 Å². The molecule has 7 heteroatoms. The molecule has 1 aromatic rings. The second kappa shape index (κ2) is 7.47. The summed E-state index contributed by atoms with van der Waals surface area (Å²) in [4.78, 5) is 25.8. The summed E-state index contributed by atoms with van der Waals surface area (Å²) in [7, 11) is 1.26. The van der Waals surface area contributed by atoms with Crippen molar-refractivity contribution < 1.29 is 19.4 Å². The molecule has 1 saturated heterocycles. The van der Waals surface area contributed by atoms with Gasteiger partial charge in [-0.1, -0.05) is 17.7 Å². The summed E-state index contributed by atoms with van der Waals surface area (Å²) in [6.07, 6.45) is 1.53. The van der Waals surface area contributed by atoms with Gasteiger partial charge >= 0.3 is 12.0 Å². The average molecular weight is 327 g/mol. The van der Waals surface area contributed by atoms with Crippen LogP contribution in [0.25, 0.3) is 0 Å². The van der Waals surface area contributed by atoms with E-state index in [9.17, 15) is 9.59 Å². The molecule has 6 nitrogen and oxygen atoms in total. The third kappa shape index (κ3) is 3.69. The van der Waals surface area contributed by atoms with Gasteiger partial charge in [0.2, 0.25) is 0 Å². The molecule has 0 saturated carbocycles. The van der Waals surface area contributed by atoms with E-state index in [1.165, 1.54) is 7.11 Å². The smallest absolute Gasteiger partial charge is 0.341 e. The number of aliphatic hydroxyl groups excluding tert-OH is 1. The number of nitrogens with zero attached hydrogens (tertiary/aromatic N) is 1. The SMILES string of the molecule is COC(=O)c1c(Cl)cccc1NC(=O)N1CCC(CO)CC1. The van der Waals surface area contributed by atoms with E-state index in [2.05, 4.69) is 5.32 Å². The fourth-order valence-electron chi connectivity index (χ4n) is 2.45. The number of urea groups is 1. The minimum absolute atomic E-state index is 0.144. The van der Waals surface area contributed by atoms with Gasteiger partial charge in [-0.05, 0) is 30.9 Å². The van der Waals surface area contributed by atoms with Crippen molar-refractivity contribution in [2.45, 2.75) is 12.8 Å². The maximum Gasteiger partial charge on any atom is 0.341 e. The molecule has 1 aliphatic rings. The van der Waals surface area contributed by atoms with E-state index in [1.54, 1.807) is 23.1 Å². The molecule has 1 aromatic carbocycles. The number of rotatable bonds is 3. The maximum atomic E-state index is 12.3. The standard InChI is InChI=1S/C15H19ClN2O4/c1-22-14(20)13-11(16)3-2-4-12(13)17-15(21)18-7-5-10(9-19)6-8-18/h2-4,10,19H,5-9H2,1H3,(H,17,21). The van der Waals surface area contributed by atoms with Crippen LogP contribution in [0.15, 0.2) is 18.2 Å². The van der Waals surface area contributed by atoms with Gasteiger partial charge in [0.25, 0.3) is 0 Å². The molecule has 2 rings (SSSR count).